The zero-order chi connectivity index (χ0) is 98.1. The molecule has 10 aromatic rings. The van der Waals surface area contributed by atoms with Gasteiger partial charge in [-0.1, -0.05) is 33.6 Å². The monoisotopic (exact) mass is 1990 g/mol. The largest absolute Gasteiger partial charge is 0.479 e. The van der Waals surface area contributed by atoms with E-state index in [1.54, 1.807) is 38.4 Å². The first-order chi connectivity index (χ1) is 63.0. The van der Waals surface area contributed by atoms with E-state index in [9.17, 15) is 50.8 Å². The lowest BCUT2D eigenvalue weighted by Crippen LogP contribution is -2.32. The number of halogens is 1. The Morgan fingerprint density at radius 1 is 0.403 bits per heavy atom. The summed E-state index contributed by atoms with van der Waals surface area (Å²) in [6.45, 7) is 28.9. The third kappa shape index (κ3) is 26.7. The molecule has 0 aliphatic carbocycles. The number of alkyl halides is 1. The third-order valence-corrected chi connectivity index (χ3v) is 30.7. The molecule has 15 rings (SSSR count). The van der Waals surface area contributed by atoms with Gasteiger partial charge >= 0.3 is 0 Å². The van der Waals surface area contributed by atoms with Crippen LogP contribution in [0.5, 0.6) is 23.5 Å². The number of aliphatic hydroxyl groups is 9. The highest BCUT2D eigenvalue weighted by Crippen LogP contribution is 2.47. The van der Waals surface area contributed by atoms with Crippen molar-refractivity contribution in [2.45, 2.75) is 228 Å². The molecule has 0 spiro atoms. The van der Waals surface area contributed by atoms with Gasteiger partial charge in [0.15, 0.2) is 87.0 Å². The number of nitrogens with one attached hydrogen (secondary N) is 2. The number of hydrogen-bond acceptors (Lipinski definition) is 36. The maximum Gasteiger partial charge on any atom is 0.280 e. The Kier molecular flexibility index (Phi) is 36.3. The number of nitrogen functional groups attached to an aromatic ring is 2. The van der Waals surface area contributed by atoms with Crippen molar-refractivity contribution in [2.75, 3.05) is 148 Å². The van der Waals surface area contributed by atoms with Crippen molar-refractivity contribution in [1.29, 1.82) is 0 Å². The van der Waals surface area contributed by atoms with E-state index in [0.29, 0.717) is 143 Å². The topological polar surface area (TPSA) is 567 Å². The Hall–Kier alpha value is -7.62. The molecule has 0 aromatic carbocycles. The van der Waals surface area contributed by atoms with Crippen LogP contribution in [-0.4, -0.2) is 397 Å². The van der Waals surface area contributed by atoms with Gasteiger partial charge in [0.25, 0.3) is 5.56 Å². The Bertz CT molecular complexity index is 5930. The SMILES string of the molecule is C=P(C)(C)CCC1OC(n2cnc3c(=O)[nH]c(NCCCC)nc32)[C@H](O)[C@@H]1O.C=P(C)(C)CCC1OC(n2cnc3c(OC)nc(C)nc32)[C@H](O)[C@@H]1O.C=P(C)(C)CCC1OC(n2cnc3c(OCC)nc(C)nc32)[C@H](Cl)[C@@H]1O.C=P(C)(C)CCC1OC(n2cnc3c(OCCC)nc(N)nc32)[C@H](O)[C@@H]1O.C=P(C)(C)CCC1OC(n2cnc3c(OCCCC)nc(N)nc32)[C@H](O)[C@@H]1O. The Morgan fingerprint density at radius 2 is 0.709 bits per heavy atom. The van der Waals surface area contributed by atoms with Crippen LogP contribution in [0.1, 0.15) is 135 Å². The van der Waals surface area contributed by atoms with E-state index in [0.717, 1.165) is 69.3 Å². The number of methoxy groups -OCH3 is 1. The summed E-state index contributed by atoms with van der Waals surface area (Å²) in [5.41, 5.74) is 15.6. The summed E-state index contributed by atoms with van der Waals surface area (Å²) in [6, 6.07) is 0. The van der Waals surface area contributed by atoms with Crippen molar-refractivity contribution >= 4 is 151 Å². The lowest BCUT2D eigenvalue weighted by atomic mass is 10.1. The van der Waals surface area contributed by atoms with Crippen LogP contribution >= 0.6 is 46.0 Å². The number of fused-ring (bicyclic) bond motifs is 5. The first-order valence-corrected chi connectivity index (χ1v) is 60.7. The second kappa shape index (κ2) is 45.5. The number of aliphatic hydroxyl groups excluding tert-OH is 9. The highest BCUT2D eigenvalue weighted by molar-refractivity contribution is 7.73. The Labute approximate surface area is 785 Å². The van der Waals surface area contributed by atoms with E-state index in [1.807, 2.05) is 13.8 Å². The molecule has 15 N–H and O–H groups in total. The molecule has 0 radical (unpaired) electrons. The lowest BCUT2D eigenvalue weighted by molar-refractivity contribution is -0.0353. The number of aromatic nitrogens is 20. The minimum Gasteiger partial charge on any atom is -0.479 e. The maximum absolute atomic E-state index is 12.3. The number of aryl methyl sites for hydroxylation is 2. The van der Waals surface area contributed by atoms with E-state index < -0.39 is 150 Å². The summed E-state index contributed by atoms with van der Waals surface area (Å²) in [5.74, 6) is 2.97. The first-order valence-electron chi connectivity index (χ1n) is 45.0. The number of anilines is 3. The number of aromatic amines is 1. The predicted molar refractivity (Wildman–Crippen MR) is 535 cm³/mol. The number of rotatable bonds is 34. The molecular formula is C86H139ClN23O19P5. The fourth-order valence-electron chi connectivity index (χ4n) is 15.6. The summed E-state index contributed by atoms with van der Waals surface area (Å²) in [5, 5.41) is 96.8. The van der Waals surface area contributed by atoms with Gasteiger partial charge in [-0.05, 0) is 170 Å². The fourth-order valence-corrected chi connectivity index (χ4v) is 20.7. The predicted octanol–water partition coefficient (Wildman–Crippen LogP) is 6.63. The molecule has 0 bridgehead atoms. The number of nitrogens with zero attached hydrogens (tertiary/aromatic N) is 19. The van der Waals surface area contributed by atoms with Gasteiger partial charge in [0.05, 0.1) is 89.1 Å². The fraction of sp³-hybridized carbons (Fsp3) is 0.651. The number of ether oxygens (including phenoxy) is 9. The van der Waals surface area contributed by atoms with Gasteiger partial charge in [-0.15, -0.1) is 77.5 Å². The lowest BCUT2D eigenvalue weighted by Gasteiger charge is -2.19. The molecule has 5 aliphatic heterocycles. The molecule has 10 aromatic heterocycles. The van der Waals surface area contributed by atoms with Crippen LogP contribution in [0, 0.1) is 13.8 Å². The summed E-state index contributed by atoms with van der Waals surface area (Å²) < 4.78 is 60.2. The van der Waals surface area contributed by atoms with Crippen molar-refractivity contribution in [3.8, 4) is 23.5 Å². The van der Waals surface area contributed by atoms with Gasteiger partial charge in [0.2, 0.25) is 41.4 Å². The van der Waals surface area contributed by atoms with Gasteiger partial charge in [0.1, 0.15) is 72.0 Å². The zero-order valence-electron chi connectivity index (χ0n) is 79.8. The molecule has 48 heteroatoms. The number of hydrogen-bond donors (Lipinski definition) is 13. The molecule has 744 valence electrons. The van der Waals surface area contributed by atoms with E-state index in [-0.39, 0.29) is 29.1 Å². The van der Waals surface area contributed by atoms with Crippen LogP contribution in [0.2, 0.25) is 0 Å². The molecule has 5 saturated heterocycles. The number of imidazole rings is 5. The summed E-state index contributed by atoms with van der Waals surface area (Å²) in [7, 11) is 1.52. The molecule has 5 aliphatic rings. The Morgan fingerprint density at radius 3 is 1.05 bits per heavy atom. The van der Waals surface area contributed by atoms with Crippen LogP contribution in [0.15, 0.2) is 36.4 Å². The molecule has 134 heavy (non-hydrogen) atoms. The maximum atomic E-state index is 12.3. The molecule has 0 saturated carbocycles. The second-order valence-electron chi connectivity index (χ2n) is 37.9. The second-order valence-corrected chi connectivity index (χ2v) is 60.0. The van der Waals surface area contributed by atoms with Gasteiger partial charge < -0.3 is 105 Å². The minimum absolute atomic E-state index is 0.0449. The van der Waals surface area contributed by atoms with Crippen molar-refractivity contribution in [1.82, 2.24) is 97.6 Å². The molecule has 10 unspecified atom stereocenters. The minimum atomic E-state index is -1.27. The van der Waals surface area contributed by atoms with Gasteiger partial charge in [-0.25, -0.2) is 34.9 Å². The summed E-state index contributed by atoms with van der Waals surface area (Å²) in [4.78, 5) is 74.9. The zero-order valence-corrected chi connectivity index (χ0v) is 85.0. The number of H-pyrrole nitrogens is 1. The highest BCUT2D eigenvalue weighted by atomic mass is 35.5. The van der Waals surface area contributed by atoms with Gasteiger partial charge in [-0.3, -0.25) is 32.6 Å². The average molecular weight is 1990 g/mol. The third-order valence-electron chi connectivity index (χ3n) is 22.8. The molecule has 5 fully saturated rings. The van der Waals surface area contributed by atoms with Crippen LogP contribution in [-0.2, 0) is 23.7 Å². The van der Waals surface area contributed by atoms with Crippen molar-refractivity contribution < 1.29 is 88.6 Å². The van der Waals surface area contributed by atoms with Crippen molar-refractivity contribution in [3.05, 3.63) is 53.6 Å². The van der Waals surface area contributed by atoms with Gasteiger partial charge in [-0.2, -0.15) is 34.9 Å². The quantitative estimate of drug-likeness (QED) is 0.0114. The number of nitrogens with two attached hydrogens (primary N) is 2. The molecular weight excluding hydrogens is 1850 g/mol. The van der Waals surface area contributed by atoms with E-state index in [1.165, 1.54) is 37.0 Å². The molecule has 42 nitrogen and oxygen atoms in total. The highest BCUT2D eigenvalue weighted by Gasteiger charge is 2.50. The molecule has 15 heterocycles. The Balaban J connectivity index is 0.000000161. The summed E-state index contributed by atoms with van der Waals surface area (Å²) >= 11 is 6.50. The smallest absolute Gasteiger partial charge is 0.280 e. The molecule has 20 atom stereocenters. The standard InChI is InChI=1S/2C18H30N5O4P.C17H26ClN4O3P.C17H28N5O4P.C16H25N4O4P/c1-5-6-8-26-16-12-15(21-18(19)22-16)23(10-20-12)17-14(25)13(24)11(27-17)7-9-28(2,3)4;1-5-6-8-19-18-21-15-12(16(26)22-18)20-10-23(15)17-14(25)13(24)11(27-17)7-9-28(2,3)4;1-6-24-16-13-15(20-10(2)21-16)22(9-19-13)17-12(18)14(23)11(25-17)7-8-26(3,4)5;1-5-7-25-15-11-14(20-17(18)21-15)22(9-19-11)16-13(24)12(23)10(26-16)6-8-27(2,3)4;1-9-18-14-11(15(19-9)23-2)17-8-20(14)16-13(22)12(21)10(24-16)6-7-25(3,4)5/h10-11,13-14,17,24-25H,2,5-9H2,1,3-4H3,(H2,19,21,22);10-11,13-14,17,24-25H,2,5-9H2,1,3-4H3,(H2,19,21,22,26);9,11-12,14,17,23H,3,6-8H2,1-2,4-5H3;9-10,12-13,16,23-24H,2,5-8H2,1,3-4H3,(H2,18,20,21);8,10,12-13,16,21-22H,3,6-7H2,1-2,4-5H3/t2*11?,13-,14-,17?;11?,12-,14-,17?;2*10?,12-,13-,16?/m11111/s1. The van der Waals surface area contributed by atoms with E-state index in [2.05, 4.69) is 192 Å². The molecule has 0 amide bonds. The number of unbranched alkanes of at least 4 members (excludes halogenated alkanes) is 2. The van der Waals surface area contributed by atoms with Crippen LogP contribution in [0.3, 0.4) is 0 Å². The normalized spacial score (nSPS) is 26.1. The van der Waals surface area contributed by atoms with E-state index in [4.69, 9.17) is 65.7 Å². The van der Waals surface area contributed by atoms with Crippen molar-refractivity contribution in [2.24, 2.45) is 0 Å². The van der Waals surface area contributed by atoms with E-state index >= 15 is 0 Å². The van der Waals surface area contributed by atoms with Crippen LogP contribution < -0.4 is 41.3 Å². The average Bonchev–Trinajstić information content (AvgIpc) is 1.64. The van der Waals surface area contributed by atoms with Crippen LogP contribution in [0.4, 0.5) is 17.8 Å². The van der Waals surface area contributed by atoms with Crippen LogP contribution in [0.25, 0.3) is 55.8 Å². The van der Waals surface area contributed by atoms with Gasteiger partial charge in [0, 0.05) is 6.54 Å². The van der Waals surface area contributed by atoms with Crippen molar-refractivity contribution in [3.63, 3.8) is 0 Å². The first kappa shape index (κ1) is 107. The summed E-state index contributed by atoms with van der Waals surface area (Å²) in [6.07, 6.45) is 25.8.